The first-order chi connectivity index (χ1) is 9.74. The van der Waals surface area contributed by atoms with Gasteiger partial charge in [-0.2, -0.15) is 0 Å². The summed E-state index contributed by atoms with van der Waals surface area (Å²) in [5.41, 5.74) is 7.41. The summed E-state index contributed by atoms with van der Waals surface area (Å²) in [6.45, 7) is 2.53. The number of nitrogens with one attached hydrogen (secondary N) is 1. The van der Waals surface area contributed by atoms with Crippen molar-refractivity contribution < 1.29 is 4.79 Å². The van der Waals surface area contributed by atoms with Gasteiger partial charge in [0.05, 0.1) is 24.0 Å². The molecule has 0 spiro atoms. The van der Waals surface area contributed by atoms with Crippen molar-refractivity contribution in [2.75, 3.05) is 24.5 Å². The molecule has 6 nitrogen and oxygen atoms in total. The predicted molar refractivity (Wildman–Crippen MR) is 78.1 cm³/mol. The van der Waals surface area contributed by atoms with Crippen molar-refractivity contribution >= 4 is 23.6 Å². The Morgan fingerprint density at radius 2 is 2.15 bits per heavy atom. The van der Waals surface area contributed by atoms with Crippen molar-refractivity contribution in [2.24, 2.45) is 10.7 Å². The number of aromatic nitrogens is 1. The highest BCUT2D eigenvalue weighted by molar-refractivity contribution is 6.15. The minimum atomic E-state index is -0.173. The molecule has 1 saturated heterocycles. The molecule has 1 aromatic heterocycles. The van der Waals surface area contributed by atoms with Crippen LogP contribution in [0.1, 0.15) is 12.8 Å². The number of anilines is 1. The highest BCUT2D eigenvalue weighted by Gasteiger charge is 2.18. The maximum Gasteiger partial charge on any atom is 0.254 e. The number of nitrogens with two attached hydrogens (primary N) is 1. The first kappa shape index (κ1) is 12.7. The molecule has 3 rings (SSSR count). The van der Waals surface area contributed by atoms with Gasteiger partial charge in [0.2, 0.25) is 0 Å². The lowest BCUT2D eigenvalue weighted by atomic mass is 10.2. The van der Waals surface area contributed by atoms with Gasteiger partial charge in [-0.05, 0) is 25.0 Å². The molecule has 0 saturated carbocycles. The van der Waals surface area contributed by atoms with Gasteiger partial charge in [0.15, 0.2) is 0 Å². The minimum absolute atomic E-state index is 0.173. The van der Waals surface area contributed by atoms with Crippen molar-refractivity contribution in [1.82, 2.24) is 10.3 Å². The molecule has 2 aliphatic rings. The van der Waals surface area contributed by atoms with Crippen LogP contribution in [0.25, 0.3) is 0 Å². The third-order valence-electron chi connectivity index (χ3n) is 3.54. The number of hydrogen-bond acceptors (Lipinski definition) is 5. The zero-order valence-corrected chi connectivity index (χ0v) is 11.2. The van der Waals surface area contributed by atoms with Crippen LogP contribution in [0.15, 0.2) is 34.6 Å². The third kappa shape index (κ3) is 2.49. The molecule has 1 aromatic rings. The molecule has 1 amide bonds. The van der Waals surface area contributed by atoms with E-state index >= 15 is 0 Å². The van der Waals surface area contributed by atoms with Crippen LogP contribution in [0.2, 0.25) is 0 Å². The van der Waals surface area contributed by atoms with Gasteiger partial charge in [0.1, 0.15) is 5.82 Å². The lowest BCUT2D eigenvalue weighted by Crippen LogP contribution is -2.18. The molecule has 104 valence electrons. The van der Waals surface area contributed by atoms with E-state index < -0.39 is 0 Å². The Labute approximate surface area is 117 Å². The average molecular weight is 271 g/mol. The molecular weight excluding hydrogens is 254 g/mol. The fourth-order valence-electron chi connectivity index (χ4n) is 2.38. The molecule has 0 bridgehead atoms. The van der Waals surface area contributed by atoms with E-state index in [0.717, 1.165) is 18.9 Å². The van der Waals surface area contributed by atoms with E-state index in [-0.39, 0.29) is 5.91 Å². The van der Waals surface area contributed by atoms with Gasteiger partial charge in [-0.25, -0.2) is 4.98 Å². The van der Waals surface area contributed by atoms with Crippen molar-refractivity contribution in [2.45, 2.75) is 12.8 Å². The molecule has 3 N–H and O–H groups in total. The Bertz CT molecular complexity index is 570. The number of rotatable bonds is 3. The van der Waals surface area contributed by atoms with E-state index in [1.54, 1.807) is 6.20 Å². The number of amides is 1. The number of carbonyl (C=O) groups excluding carboxylic acids is 1. The molecule has 0 aliphatic carbocycles. The van der Waals surface area contributed by atoms with Crippen LogP contribution >= 0.6 is 0 Å². The van der Waals surface area contributed by atoms with Crippen molar-refractivity contribution in [3.05, 3.63) is 29.6 Å². The second-order valence-corrected chi connectivity index (χ2v) is 4.95. The summed E-state index contributed by atoms with van der Waals surface area (Å²) in [6.07, 6.45) is 5.67. The summed E-state index contributed by atoms with van der Waals surface area (Å²) in [6, 6.07) is 3.87. The van der Waals surface area contributed by atoms with Crippen LogP contribution in [-0.4, -0.2) is 36.7 Å². The van der Waals surface area contributed by atoms with E-state index in [0.29, 0.717) is 23.5 Å². The molecular formula is C14H17N5O. The molecule has 3 heterocycles. The Morgan fingerprint density at radius 1 is 1.35 bits per heavy atom. The van der Waals surface area contributed by atoms with Crippen LogP contribution < -0.4 is 16.0 Å². The highest BCUT2D eigenvalue weighted by atomic mass is 16.1. The van der Waals surface area contributed by atoms with Gasteiger partial charge in [-0.15, -0.1) is 0 Å². The molecule has 2 aliphatic heterocycles. The quantitative estimate of drug-likeness (QED) is 0.794. The van der Waals surface area contributed by atoms with Crippen LogP contribution in [0.5, 0.6) is 0 Å². The Kier molecular flexibility index (Phi) is 3.37. The Morgan fingerprint density at radius 3 is 2.75 bits per heavy atom. The zero-order chi connectivity index (χ0) is 13.9. The van der Waals surface area contributed by atoms with E-state index in [9.17, 15) is 4.79 Å². The van der Waals surface area contributed by atoms with Gasteiger partial charge in [-0.1, -0.05) is 0 Å². The largest absolute Gasteiger partial charge is 0.400 e. The monoisotopic (exact) mass is 271 g/mol. The molecule has 0 atom stereocenters. The lowest BCUT2D eigenvalue weighted by molar-refractivity contribution is -0.116. The van der Waals surface area contributed by atoms with Gasteiger partial charge in [0, 0.05) is 25.0 Å². The average Bonchev–Trinajstić information content (AvgIpc) is 3.09. The van der Waals surface area contributed by atoms with Crippen molar-refractivity contribution in [3.8, 4) is 0 Å². The number of hydrogen-bond donors (Lipinski definition) is 2. The zero-order valence-electron chi connectivity index (χ0n) is 11.2. The summed E-state index contributed by atoms with van der Waals surface area (Å²) in [7, 11) is 0. The smallest absolute Gasteiger partial charge is 0.254 e. The number of nitrogens with zero attached hydrogens (tertiary/aromatic N) is 3. The van der Waals surface area contributed by atoms with Crippen LogP contribution in [0.3, 0.4) is 0 Å². The molecule has 0 aromatic carbocycles. The molecule has 20 heavy (non-hydrogen) atoms. The summed E-state index contributed by atoms with van der Waals surface area (Å²) in [5.74, 6) is 0.812. The fourth-order valence-corrected chi connectivity index (χ4v) is 2.38. The molecule has 0 radical (unpaired) electrons. The van der Waals surface area contributed by atoms with Crippen LogP contribution in [0, 0.1) is 0 Å². The van der Waals surface area contributed by atoms with Gasteiger partial charge in [0.25, 0.3) is 5.91 Å². The predicted octanol–water partition coefficient (Wildman–Crippen LogP) is 0.727. The van der Waals surface area contributed by atoms with Gasteiger partial charge in [-0.3, -0.25) is 9.79 Å². The van der Waals surface area contributed by atoms with E-state index in [1.165, 1.54) is 19.1 Å². The summed E-state index contributed by atoms with van der Waals surface area (Å²) in [5, 5.41) is 2.65. The second-order valence-electron chi connectivity index (χ2n) is 4.95. The number of aliphatic imine (C=N–C) groups is 1. The van der Waals surface area contributed by atoms with Crippen LogP contribution in [0.4, 0.5) is 11.5 Å². The minimum Gasteiger partial charge on any atom is -0.400 e. The third-order valence-corrected chi connectivity index (χ3v) is 3.54. The maximum absolute atomic E-state index is 11.5. The lowest BCUT2D eigenvalue weighted by Gasteiger charge is -2.15. The van der Waals surface area contributed by atoms with E-state index in [1.807, 2.05) is 12.1 Å². The van der Waals surface area contributed by atoms with Crippen LogP contribution in [-0.2, 0) is 4.79 Å². The Hall–Kier alpha value is -2.37. The number of carbonyl (C=O) groups is 1. The SMILES string of the molecule is NC1=C(C=Nc2ccc(N3CCCC3)nc2)C(=O)NC1. The van der Waals surface area contributed by atoms with Gasteiger partial charge < -0.3 is 16.0 Å². The molecule has 1 fully saturated rings. The second kappa shape index (κ2) is 5.32. The molecule has 6 heteroatoms. The van der Waals surface area contributed by atoms with Crippen molar-refractivity contribution in [1.29, 1.82) is 0 Å². The van der Waals surface area contributed by atoms with E-state index in [4.69, 9.17) is 5.73 Å². The number of pyridine rings is 1. The highest BCUT2D eigenvalue weighted by Crippen LogP contribution is 2.20. The summed E-state index contributed by atoms with van der Waals surface area (Å²) < 4.78 is 0. The summed E-state index contributed by atoms with van der Waals surface area (Å²) >= 11 is 0. The topological polar surface area (TPSA) is 83.6 Å². The Balaban J connectivity index is 1.72. The first-order valence-corrected chi connectivity index (χ1v) is 6.76. The first-order valence-electron chi connectivity index (χ1n) is 6.76. The molecule has 0 unspecified atom stereocenters. The standard InChI is InChI=1S/C14H17N5O/c15-12-9-18-14(20)11(12)8-16-10-3-4-13(17-7-10)19-5-1-2-6-19/h3-4,7-8H,1-2,5-6,9,15H2,(H,18,20). The van der Waals surface area contributed by atoms with Gasteiger partial charge >= 0.3 is 0 Å². The normalized spacial score (nSPS) is 19.2. The van der Waals surface area contributed by atoms with Crippen molar-refractivity contribution in [3.63, 3.8) is 0 Å². The summed E-state index contributed by atoms with van der Waals surface area (Å²) in [4.78, 5) is 22.4. The maximum atomic E-state index is 11.5. The van der Waals surface area contributed by atoms with E-state index in [2.05, 4.69) is 20.2 Å². The fraction of sp³-hybridized carbons (Fsp3) is 0.357.